The molecule has 2 amide bonds. The summed E-state index contributed by atoms with van der Waals surface area (Å²) in [5, 5.41) is 7.70. The maximum absolute atomic E-state index is 14.2. The molecule has 4 aromatic rings. The molecule has 5 rings (SSSR count). The third-order valence-electron chi connectivity index (χ3n) is 6.97. The molecule has 1 atom stereocenters. The standard InChI is InChI=1S/C28H25F4N7O2/c1-2-21(40)38-12-4-5-18(14-38)39-26-23(25(33)35-15-36-26)24(37-39)17-10-8-16(9-11-17)13-34-27(41)22-19(28(30,31)32)6-3-7-20(22)29/h2-3,6-11,15,18H,1,4-5,12-14H2,(H,34,41)(H2,33,35,36). The number of hydrogen-bond acceptors (Lipinski definition) is 6. The largest absolute Gasteiger partial charge is 0.417 e. The van der Waals surface area contributed by atoms with Crippen LogP contribution >= 0.6 is 0 Å². The van der Waals surface area contributed by atoms with Gasteiger partial charge in [-0.3, -0.25) is 9.59 Å². The van der Waals surface area contributed by atoms with Gasteiger partial charge < -0.3 is 16.0 Å². The maximum atomic E-state index is 14.2. The molecule has 2 aromatic heterocycles. The second-order valence-corrected chi connectivity index (χ2v) is 9.57. The smallest absolute Gasteiger partial charge is 0.383 e. The highest BCUT2D eigenvalue weighted by Crippen LogP contribution is 2.35. The van der Waals surface area contributed by atoms with Crippen molar-refractivity contribution in [2.75, 3.05) is 18.8 Å². The Bertz CT molecular complexity index is 1630. The lowest BCUT2D eigenvalue weighted by atomic mass is 10.0. The van der Waals surface area contributed by atoms with Crippen LogP contribution in [0.5, 0.6) is 0 Å². The Kier molecular flexibility index (Phi) is 7.43. The van der Waals surface area contributed by atoms with E-state index >= 15 is 0 Å². The number of benzene rings is 2. The first kappa shape index (κ1) is 27.7. The summed E-state index contributed by atoms with van der Waals surface area (Å²) in [7, 11) is 0. The molecule has 1 aliphatic rings. The zero-order chi connectivity index (χ0) is 29.3. The summed E-state index contributed by atoms with van der Waals surface area (Å²) in [6, 6.07) is 9.00. The zero-order valence-corrected chi connectivity index (χ0v) is 21.7. The van der Waals surface area contributed by atoms with Crippen LogP contribution in [0.4, 0.5) is 23.4 Å². The summed E-state index contributed by atoms with van der Waals surface area (Å²) in [6.45, 7) is 4.48. The van der Waals surface area contributed by atoms with Crippen LogP contribution in [0.1, 0.15) is 40.4 Å². The number of carbonyl (C=O) groups is 2. The normalized spacial score (nSPS) is 15.6. The fourth-order valence-electron chi connectivity index (χ4n) is 4.98. The average Bonchev–Trinajstić information content (AvgIpc) is 3.36. The SMILES string of the molecule is C=CC(=O)N1CCCC(n2nc(-c3ccc(CNC(=O)c4c(F)cccc4C(F)(F)F)cc3)c3c(N)ncnc32)C1. The molecule has 1 saturated heterocycles. The molecule has 9 nitrogen and oxygen atoms in total. The van der Waals surface area contributed by atoms with E-state index in [4.69, 9.17) is 10.8 Å². The predicted molar refractivity (Wildman–Crippen MR) is 143 cm³/mol. The monoisotopic (exact) mass is 567 g/mol. The minimum absolute atomic E-state index is 0.138. The van der Waals surface area contributed by atoms with E-state index in [-0.39, 0.29) is 24.3 Å². The van der Waals surface area contributed by atoms with Gasteiger partial charge in [-0.2, -0.15) is 18.3 Å². The van der Waals surface area contributed by atoms with Crippen molar-refractivity contribution in [1.82, 2.24) is 30.0 Å². The van der Waals surface area contributed by atoms with Gasteiger partial charge in [-0.05, 0) is 36.6 Å². The van der Waals surface area contributed by atoms with Gasteiger partial charge in [-0.25, -0.2) is 19.0 Å². The predicted octanol–water partition coefficient (Wildman–Crippen LogP) is 4.51. The number of nitrogen functional groups attached to an aromatic ring is 1. The number of hydrogen-bond donors (Lipinski definition) is 2. The van der Waals surface area contributed by atoms with E-state index in [0.717, 1.165) is 25.0 Å². The number of anilines is 1. The third-order valence-corrected chi connectivity index (χ3v) is 6.97. The number of aromatic nitrogens is 4. The van der Waals surface area contributed by atoms with Gasteiger partial charge in [0.1, 0.15) is 23.7 Å². The van der Waals surface area contributed by atoms with E-state index in [0.29, 0.717) is 47.0 Å². The number of rotatable bonds is 6. The molecule has 0 radical (unpaired) electrons. The summed E-state index contributed by atoms with van der Waals surface area (Å²) in [5.41, 5.74) is 6.07. The van der Waals surface area contributed by atoms with Crippen LogP contribution in [0.25, 0.3) is 22.3 Å². The summed E-state index contributed by atoms with van der Waals surface area (Å²) in [6.07, 6.45) is -0.701. The van der Waals surface area contributed by atoms with Crippen LogP contribution in [0.2, 0.25) is 0 Å². The Hall–Kier alpha value is -4.81. The quantitative estimate of drug-likeness (QED) is 0.261. The van der Waals surface area contributed by atoms with Crippen molar-refractivity contribution in [1.29, 1.82) is 0 Å². The molecule has 1 unspecified atom stereocenters. The van der Waals surface area contributed by atoms with E-state index < -0.39 is 29.0 Å². The molecule has 1 aliphatic heterocycles. The number of nitrogens with two attached hydrogens (primary N) is 1. The van der Waals surface area contributed by atoms with Gasteiger partial charge in [0.05, 0.1) is 22.6 Å². The van der Waals surface area contributed by atoms with Gasteiger partial charge in [-0.1, -0.05) is 36.9 Å². The van der Waals surface area contributed by atoms with Gasteiger partial charge in [-0.15, -0.1) is 0 Å². The summed E-state index contributed by atoms with van der Waals surface area (Å²) in [5.74, 6) is -2.36. The Balaban J connectivity index is 1.39. The summed E-state index contributed by atoms with van der Waals surface area (Å²) < 4.78 is 55.8. The van der Waals surface area contributed by atoms with E-state index in [1.54, 1.807) is 33.8 Å². The molecule has 13 heteroatoms. The first-order valence-electron chi connectivity index (χ1n) is 12.7. The molecule has 212 valence electrons. The Labute approximate surface area is 231 Å². The van der Waals surface area contributed by atoms with Crippen LogP contribution in [0.15, 0.2) is 61.4 Å². The second kappa shape index (κ2) is 11.0. The Morgan fingerprint density at radius 2 is 1.90 bits per heavy atom. The van der Waals surface area contributed by atoms with Gasteiger partial charge in [0.2, 0.25) is 5.91 Å². The van der Waals surface area contributed by atoms with E-state index in [1.165, 1.54) is 12.4 Å². The lowest BCUT2D eigenvalue weighted by Gasteiger charge is -2.32. The zero-order valence-electron chi connectivity index (χ0n) is 21.7. The van der Waals surface area contributed by atoms with Crippen molar-refractivity contribution in [2.24, 2.45) is 0 Å². The van der Waals surface area contributed by atoms with Gasteiger partial charge in [0, 0.05) is 25.2 Å². The lowest BCUT2D eigenvalue weighted by Crippen LogP contribution is -2.40. The van der Waals surface area contributed by atoms with Crippen molar-refractivity contribution in [3.63, 3.8) is 0 Å². The first-order chi connectivity index (χ1) is 19.6. The molecule has 0 spiro atoms. The number of piperidine rings is 1. The maximum Gasteiger partial charge on any atom is 0.417 e. The Morgan fingerprint density at radius 3 is 2.61 bits per heavy atom. The van der Waals surface area contributed by atoms with Gasteiger partial charge >= 0.3 is 6.18 Å². The number of likely N-dealkylation sites (tertiary alicyclic amines) is 1. The van der Waals surface area contributed by atoms with Crippen molar-refractivity contribution in [2.45, 2.75) is 31.6 Å². The lowest BCUT2D eigenvalue weighted by molar-refractivity contribution is -0.138. The molecule has 0 aliphatic carbocycles. The first-order valence-corrected chi connectivity index (χ1v) is 12.7. The molecule has 3 N–H and O–H groups in total. The molecule has 0 saturated carbocycles. The molecular formula is C28H25F4N7O2. The number of halogens is 4. The van der Waals surface area contributed by atoms with Crippen LogP contribution in [-0.2, 0) is 17.5 Å². The van der Waals surface area contributed by atoms with Crippen LogP contribution in [-0.4, -0.2) is 49.6 Å². The van der Waals surface area contributed by atoms with Crippen molar-refractivity contribution >= 4 is 28.7 Å². The molecule has 41 heavy (non-hydrogen) atoms. The molecular weight excluding hydrogens is 542 g/mol. The summed E-state index contributed by atoms with van der Waals surface area (Å²) in [4.78, 5) is 34.9. The fraction of sp³-hybridized carbons (Fsp3) is 0.250. The number of nitrogens with one attached hydrogen (secondary N) is 1. The van der Waals surface area contributed by atoms with Crippen molar-refractivity contribution in [3.05, 3.63) is 84.0 Å². The van der Waals surface area contributed by atoms with E-state index in [1.807, 2.05) is 0 Å². The number of amides is 2. The molecule has 1 fully saturated rings. The molecule has 0 bridgehead atoms. The Morgan fingerprint density at radius 1 is 1.15 bits per heavy atom. The third kappa shape index (κ3) is 5.47. The van der Waals surface area contributed by atoms with Gasteiger partial charge in [0.25, 0.3) is 5.91 Å². The van der Waals surface area contributed by atoms with Crippen LogP contribution in [0, 0.1) is 5.82 Å². The minimum Gasteiger partial charge on any atom is -0.383 e. The van der Waals surface area contributed by atoms with Gasteiger partial charge in [0.15, 0.2) is 5.65 Å². The van der Waals surface area contributed by atoms with E-state index in [2.05, 4.69) is 21.9 Å². The van der Waals surface area contributed by atoms with Crippen molar-refractivity contribution in [3.8, 4) is 11.3 Å². The topological polar surface area (TPSA) is 119 Å². The van der Waals surface area contributed by atoms with Crippen LogP contribution in [0.3, 0.4) is 0 Å². The molecule has 2 aromatic carbocycles. The number of alkyl halides is 3. The summed E-state index contributed by atoms with van der Waals surface area (Å²) >= 11 is 0. The van der Waals surface area contributed by atoms with Crippen LogP contribution < -0.4 is 11.1 Å². The number of carbonyl (C=O) groups excluding carboxylic acids is 2. The minimum atomic E-state index is -4.88. The second-order valence-electron chi connectivity index (χ2n) is 9.57. The van der Waals surface area contributed by atoms with Crippen molar-refractivity contribution < 1.29 is 27.2 Å². The fourth-order valence-corrected chi connectivity index (χ4v) is 4.98. The van der Waals surface area contributed by atoms with E-state index in [9.17, 15) is 27.2 Å². The number of nitrogens with zero attached hydrogens (tertiary/aromatic N) is 5. The highest BCUT2D eigenvalue weighted by Gasteiger charge is 2.36. The highest BCUT2D eigenvalue weighted by atomic mass is 19.4. The highest BCUT2D eigenvalue weighted by molar-refractivity contribution is 5.98. The number of fused-ring (bicyclic) bond motifs is 1. The molecule has 3 heterocycles. The average molecular weight is 568 g/mol.